The predicted octanol–water partition coefficient (Wildman–Crippen LogP) is 11.6. The number of anilines is 9. The fraction of sp³-hybridized carbons (Fsp3) is 0. The van der Waals surface area contributed by atoms with E-state index in [0.29, 0.717) is 0 Å². The Bertz CT molecular complexity index is 3570. The number of benzene rings is 10. The van der Waals surface area contributed by atoms with Gasteiger partial charge < -0.3 is 24.2 Å². The lowest BCUT2D eigenvalue weighted by Crippen LogP contribution is -2.59. The van der Waals surface area contributed by atoms with Crippen LogP contribution in [0.25, 0.3) is 11.1 Å². The van der Waals surface area contributed by atoms with Crippen LogP contribution in [0.5, 0.6) is 23.0 Å². The molecule has 10 aromatic rings. The van der Waals surface area contributed by atoms with E-state index in [1.165, 1.54) is 38.7 Å². The van der Waals surface area contributed by atoms with Crippen LogP contribution in [-0.2, 0) is 0 Å². The van der Waals surface area contributed by atoms with Gasteiger partial charge in [-0.3, -0.25) is 0 Å². The number of hydrogen-bond acceptors (Lipinski definition) is 5. The van der Waals surface area contributed by atoms with Gasteiger partial charge in [0.05, 0.1) is 0 Å². The smallest absolute Gasteiger partial charge is 0.256 e. The first-order valence-electron chi connectivity index (χ1n) is 23.0. The maximum Gasteiger partial charge on any atom is 0.256 e. The Morgan fingerprint density at radius 2 is 0.791 bits per heavy atom. The number of para-hydroxylation sites is 6. The molecule has 0 amide bonds. The van der Waals surface area contributed by atoms with Gasteiger partial charge in [0.15, 0.2) is 0 Å². The van der Waals surface area contributed by atoms with Crippen molar-refractivity contribution in [2.45, 2.75) is 0 Å². The Hall–Kier alpha value is -8.67. The Labute approximate surface area is 390 Å². The molecule has 0 saturated carbocycles. The molecule has 0 atom stereocenters. The van der Waals surface area contributed by atoms with Crippen molar-refractivity contribution < 1.29 is 9.47 Å². The molecule has 0 saturated heterocycles. The largest absolute Gasteiger partial charge is 0.458 e. The maximum absolute atomic E-state index is 6.96. The molecule has 5 nitrogen and oxygen atoms in total. The second-order valence-corrected chi connectivity index (χ2v) is 17.6. The molecular formula is C60H39B2N3O2. The van der Waals surface area contributed by atoms with Crippen molar-refractivity contribution in [3.63, 3.8) is 0 Å². The Kier molecular flexibility index (Phi) is 8.40. The second kappa shape index (κ2) is 14.9. The lowest BCUT2D eigenvalue weighted by atomic mass is 9.34. The van der Waals surface area contributed by atoms with Crippen molar-refractivity contribution in [3.8, 4) is 34.1 Å². The van der Waals surface area contributed by atoms with E-state index < -0.39 is 0 Å². The van der Waals surface area contributed by atoms with Crippen molar-refractivity contribution in [1.82, 2.24) is 0 Å². The molecule has 4 aliphatic heterocycles. The summed E-state index contributed by atoms with van der Waals surface area (Å²) in [7, 11) is 0. The van der Waals surface area contributed by atoms with Crippen LogP contribution in [0.2, 0.25) is 0 Å². The molecule has 10 aromatic carbocycles. The van der Waals surface area contributed by atoms with Crippen LogP contribution in [0.3, 0.4) is 0 Å². The minimum absolute atomic E-state index is 0.0190. The molecule has 0 fully saturated rings. The molecule has 4 aliphatic rings. The summed E-state index contributed by atoms with van der Waals surface area (Å²) in [5.41, 5.74) is 19.4. The third kappa shape index (κ3) is 5.84. The SMILES string of the molecule is c1ccc(N(c2ccc(-c3cc4c5c(c3)N(c3ccccc3)c3ccccc3B5c3ccccc3O4)cc2)c2ccc3c(c2)Oc2cccc4c2B3c2ccccc2N4c2ccccc2)cc1. The van der Waals surface area contributed by atoms with Crippen LogP contribution in [0.4, 0.5) is 51.2 Å². The zero-order valence-electron chi connectivity index (χ0n) is 36.3. The maximum atomic E-state index is 6.96. The summed E-state index contributed by atoms with van der Waals surface area (Å²) in [6, 6.07) is 84.7. The highest BCUT2D eigenvalue weighted by Gasteiger charge is 2.43. The minimum atomic E-state index is 0.0190. The predicted molar refractivity (Wildman–Crippen MR) is 278 cm³/mol. The van der Waals surface area contributed by atoms with Crippen molar-refractivity contribution in [2.24, 2.45) is 0 Å². The molecule has 0 aromatic heterocycles. The first-order chi connectivity index (χ1) is 33.2. The van der Waals surface area contributed by atoms with Gasteiger partial charge in [-0.1, -0.05) is 133 Å². The van der Waals surface area contributed by atoms with Crippen LogP contribution >= 0.6 is 0 Å². The summed E-state index contributed by atoms with van der Waals surface area (Å²) in [5.74, 6) is 3.54. The van der Waals surface area contributed by atoms with Crippen LogP contribution in [0, 0.1) is 0 Å². The average molecular weight is 856 g/mol. The third-order valence-corrected chi connectivity index (χ3v) is 13.9. The summed E-state index contributed by atoms with van der Waals surface area (Å²) in [6.07, 6.45) is 0. The molecule has 312 valence electrons. The van der Waals surface area contributed by atoms with Gasteiger partial charge in [-0.15, -0.1) is 0 Å². The Balaban J connectivity index is 0.871. The van der Waals surface area contributed by atoms with Gasteiger partial charge in [0.2, 0.25) is 0 Å². The molecular weight excluding hydrogens is 816 g/mol. The van der Waals surface area contributed by atoms with Crippen molar-refractivity contribution >= 4 is 97.4 Å². The number of rotatable bonds is 6. The highest BCUT2D eigenvalue weighted by Crippen LogP contribution is 2.45. The number of fused-ring (bicyclic) bond motifs is 8. The first kappa shape index (κ1) is 37.7. The third-order valence-electron chi connectivity index (χ3n) is 13.9. The molecule has 67 heavy (non-hydrogen) atoms. The number of ether oxygens (including phenoxy) is 2. The van der Waals surface area contributed by atoms with Gasteiger partial charge in [0.25, 0.3) is 13.4 Å². The molecule has 0 N–H and O–H groups in total. The monoisotopic (exact) mass is 855 g/mol. The van der Waals surface area contributed by atoms with Crippen LogP contribution in [0.15, 0.2) is 237 Å². The lowest BCUT2D eigenvalue weighted by Gasteiger charge is -2.40. The zero-order chi connectivity index (χ0) is 44.0. The highest BCUT2D eigenvalue weighted by atomic mass is 16.5. The average Bonchev–Trinajstić information content (AvgIpc) is 3.39. The molecule has 0 unspecified atom stereocenters. The van der Waals surface area contributed by atoms with Gasteiger partial charge >= 0.3 is 0 Å². The van der Waals surface area contributed by atoms with Crippen LogP contribution < -0.4 is 57.0 Å². The fourth-order valence-corrected chi connectivity index (χ4v) is 11.1. The van der Waals surface area contributed by atoms with Crippen molar-refractivity contribution in [1.29, 1.82) is 0 Å². The second-order valence-electron chi connectivity index (χ2n) is 17.6. The Morgan fingerprint density at radius 1 is 0.299 bits per heavy atom. The van der Waals surface area contributed by atoms with Gasteiger partial charge in [0, 0.05) is 57.3 Å². The van der Waals surface area contributed by atoms with E-state index in [4.69, 9.17) is 9.47 Å². The summed E-state index contributed by atoms with van der Waals surface area (Å²) in [6.45, 7) is 0.0698. The summed E-state index contributed by atoms with van der Waals surface area (Å²) >= 11 is 0. The van der Waals surface area contributed by atoms with Crippen molar-refractivity contribution in [2.75, 3.05) is 14.7 Å². The van der Waals surface area contributed by atoms with Crippen LogP contribution in [-0.4, -0.2) is 13.4 Å². The van der Waals surface area contributed by atoms with Gasteiger partial charge in [-0.25, -0.2) is 0 Å². The fourth-order valence-electron chi connectivity index (χ4n) is 11.1. The molecule has 0 bridgehead atoms. The molecule has 14 rings (SSSR count). The number of nitrogens with zero attached hydrogens (tertiary/aromatic N) is 3. The van der Waals surface area contributed by atoms with E-state index in [-0.39, 0.29) is 13.4 Å². The molecule has 7 heteroatoms. The topological polar surface area (TPSA) is 28.2 Å². The van der Waals surface area contributed by atoms with E-state index in [1.54, 1.807) is 0 Å². The zero-order valence-corrected chi connectivity index (χ0v) is 36.3. The summed E-state index contributed by atoms with van der Waals surface area (Å²) in [4.78, 5) is 7.09. The van der Waals surface area contributed by atoms with E-state index in [9.17, 15) is 0 Å². The van der Waals surface area contributed by atoms with Gasteiger partial charge in [-0.2, -0.15) is 0 Å². The van der Waals surface area contributed by atoms with Gasteiger partial charge in [0.1, 0.15) is 23.0 Å². The quantitative estimate of drug-likeness (QED) is 0.155. The summed E-state index contributed by atoms with van der Waals surface area (Å²) < 4.78 is 13.8. The number of hydrogen-bond donors (Lipinski definition) is 0. The van der Waals surface area contributed by atoms with E-state index in [0.717, 1.165) is 79.4 Å². The first-order valence-corrected chi connectivity index (χ1v) is 23.0. The summed E-state index contributed by atoms with van der Waals surface area (Å²) in [5, 5.41) is 0. The Morgan fingerprint density at radius 3 is 1.48 bits per heavy atom. The normalized spacial score (nSPS) is 13.2. The minimum Gasteiger partial charge on any atom is -0.458 e. The van der Waals surface area contributed by atoms with E-state index in [1.807, 2.05) is 0 Å². The molecule has 0 spiro atoms. The van der Waals surface area contributed by atoms with Gasteiger partial charge in [-0.05, 0) is 141 Å². The van der Waals surface area contributed by atoms with Crippen LogP contribution in [0.1, 0.15) is 0 Å². The standard InChI is InChI=1S/C60H39B2N3O2/c1-4-17-42(18-5-1)63(46-35-36-50-57(39-46)67-56-30-16-28-53-59(56)62(50)47-23-10-13-26-51(47)64(53)43-19-6-2-7-20-43)45-33-31-40(32-34-45)41-37-54-60-58(38-41)66-55-29-15-12-25-49(55)61(60)48-24-11-14-27-52(48)65(54)44-21-8-3-9-22-44/h1-39H. The highest BCUT2D eigenvalue weighted by molar-refractivity contribution is 7.00. The van der Waals surface area contributed by atoms with Crippen molar-refractivity contribution in [3.05, 3.63) is 237 Å². The molecule has 4 heterocycles. The van der Waals surface area contributed by atoms with E-state index in [2.05, 4.69) is 251 Å². The molecule has 0 radical (unpaired) electrons. The van der Waals surface area contributed by atoms with E-state index >= 15 is 0 Å². The lowest BCUT2D eigenvalue weighted by molar-refractivity contribution is 0.487. The molecule has 0 aliphatic carbocycles.